The number of likely N-dealkylation sites (tertiary alicyclic amines) is 1. The fourth-order valence-corrected chi connectivity index (χ4v) is 6.40. The van der Waals surface area contributed by atoms with E-state index < -0.39 is 0 Å². The topological polar surface area (TPSA) is 94.2 Å². The molecule has 0 radical (unpaired) electrons. The van der Waals surface area contributed by atoms with Crippen molar-refractivity contribution < 1.29 is 14.3 Å². The van der Waals surface area contributed by atoms with E-state index in [1.54, 1.807) is 11.8 Å². The molecule has 2 fully saturated rings. The summed E-state index contributed by atoms with van der Waals surface area (Å²) in [6.07, 6.45) is 1.18. The van der Waals surface area contributed by atoms with Crippen LogP contribution in [0.15, 0.2) is 54.6 Å². The number of carbonyl (C=O) groups is 2. The second kappa shape index (κ2) is 12.3. The third-order valence-corrected chi connectivity index (χ3v) is 8.51. The molecule has 218 valence electrons. The van der Waals surface area contributed by atoms with Crippen molar-refractivity contribution in [2.45, 2.75) is 39.2 Å². The lowest BCUT2D eigenvalue weighted by molar-refractivity contribution is -0.129. The molecule has 2 amide bonds. The maximum absolute atomic E-state index is 12.8. The number of anilines is 1. The molecule has 2 aromatic heterocycles. The number of fused-ring (bicyclic) bond motifs is 3. The minimum Gasteiger partial charge on any atom is -0.445 e. The zero-order valence-electron chi connectivity index (χ0n) is 24.0. The number of pyridine rings is 1. The van der Waals surface area contributed by atoms with Crippen LogP contribution in [0, 0.1) is 18.3 Å². The van der Waals surface area contributed by atoms with E-state index in [0.29, 0.717) is 50.5 Å². The average Bonchev–Trinajstić information content (AvgIpc) is 3.39. The largest absolute Gasteiger partial charge is 0.445 e. The van der Waals surface area contributed by atoms with Crippen molar-refractivity contribution in [2.24, 2.45) is 0 Å². The molecule has 4 heterocycles. The summed E-state index contributed by atoms with van der Waals surface area (Å²) < 4.78 is 7.71. The number of nitriles is 1. The van der Waals surface area contributed by atoms with E-state index >= 15 is 0 Å². The molecule has 2 saturated heterocycles. The maximum atomic E-state index is 12.8. The molecule has 2 aliphatic heterocycles. The molecule has 4 aromatic rings. The fraction of sp³-hybridized carbons (Fsp3) is 0.375. The van der Waals surface area contributed by atoms with Gasteiger partial charge in [-0.1, -0.05) is 42.5 Å². The van der Waals surface area contributed by atoms with Crippen molar-refractivity contribution in [1.29, 1.82) is 5.26 Å². The normalized spacial score (nSPS) is 15.9. The lowest BCUT2D eigenvalue weighted by Gasteiger charge is -2.38. The van der Waals surface area contributed by atoms with E-state index in [0.717, 1.165) is 46.4 Å². The van der Waals surface area contributed by atoms with Crippen LogP contribution in [0.1, 0.15) is 47.9 Å². The second-order valence-electron chi connectivity index (χ2n) is 10.9. The van der Waals surface area contributed by atoms with Crippen LogP contribution in [0.5, 0.6) is 0 Å². The van der Waals surface area contributed by atoms with Crippen LogP contribution in [0.2, 0.25) is 0 Å². The molecule has 0 unspecified atom stereocenters. The van der Waals surface area contributed by atoms with Gasteiger partial charge in [0.2, 0.25) is 5.91 Å². The molecule has 0 N–H and O–H groups in total. The Morgan fingerprint density at radius 3 is 2.29 bits per heavy atom. The van der Waals surface area contributed by atoms with E-state index in [1.165, 1.54) is 0 Å². The number of rotatable bonds is 4. The number of hydrogen-bond acceptors (Lipinski definition) is 6. The first kappa shape index (κ1) is 29.2. The molecule has 9 nitrogen and oxygen atoms in total. The summed E-state index contributed by atoms with van der Waals surface area (Å²) in [5.74, 6) is 1.25. The predicted octanol–water partition coefficient (Wildman–Crippen LogP) is 5.27. The summed E-state index contributed by atoms with van der Waals surface area (Å²) in [7, 11) is 0. The molecule has 0 aliphatic carbocycles. The van der Waals surface area contributed by atoms with Gasteiger partial charge in [0.15, 0.2) is 5.65 Å². The summed E-state index contributed by atoms with van der Waals surface area (Å²) in [6, 6.07) is 20.2. The number of amides is 2. The Morgan fingerprint density at radius 1 is 0.952 bits per heavy atom. The van der Waals surface area contributed by atoms with Gasteiger partial charge < -0.3 is 19.4 Å². The van der Waals surface area contributed by atoms with Crippen LogP contribution in [0.3, 0.4) is 0 Å². The fourth-order valence-electron chi connectivity index (χ4n) is 6.40. The van der Waals surface area contributed by atoms with Gasteiger partial charge in [0, 0.05) is 46.2 Å². The van der Waals surface area contributed by atoms with Crippen LogP contribution in [0.4, 0.5) is 10.6 Å². The number of halogens is 1. The van der Waals surface area contributed by atoms with Gasteiger partial charge in [-0.15, -0.1) is 12.4 Å². The highest BCUT2D eigenvalue weighted by atomic mass is 35.5. The number of benzene rings is 2. The summed E-state index contributed by atoms with van der Waals surface area (Å²) in [6.45, 7) is 7.83. The highest BCUT2D eigenvalue weighted by Crippen LogP contribution is 2.40. The Balaban J connectivity index is 0.00000353. The zero-order valence-corrected chi connectivity index (χ0v) is 24.8. The van der Waals surface area contributed by atoms with Crippen LogP contribution in [0.25, 0.3) is 16.7 Å². The number of para-hydroxylation sites is 2. The number of ether oxygens (including phenoxy) is 1. The van der Waals surface area contributed by atoms with Crippen LogP contribution in [-0.4, -0.2) is 70.5 Å². The molecule has 0 atom stereocenters. The molecule has 42 heavy (non-hydrogen) atoms. The van der Waals surface area contributed by atoms with Crippen molar-refractivity contribution >= 4 is 46.9 Å². The summed E-state index contributed by atoms with van der Waals surface area (Å²) in [5, 5.41) is 10.5. The third kappa shape index (κ3) is 5.35. The van der Waals surface area contributed by atoms with Gasteiger partial charge in [0.25, 0.3) is 0 Å². The molecule has 0 bridgehead atoms. The Kier molecular flexibility index (Phi) is 8.55. The number of nitrogens with zero attached hydrogens (tertiary/aromatic N) is 6. The highest BCUT2D eigenvalue weighted by Gasteiger charge is 2.32. The molecule has 2 aliphatic rings. The van der Waals surface area contributed by atoms with Gasteiger partial charge in [0.05, 0.1) is 16.6 Å². The predicted molar refractivity (Wildman–Crippen MR) is 164 cm³/mol. The standard InChI is InChI=1S/C32H34N6O3.ClH/c1-22-29(25-12-14-37(15-13-25)32(40)41-21-24-8-4-3-5-9-24)26(20-33)30-34-27-10-6-7-11-28(27)38(30)31(22)36-18-16-35(17-19-36)23(2)39;/h3-11,25H,12-19,21H2,1-2H3;1H. The molecule has 10 heteroatoms. The van der Waals surface area contributed by atoms with Crippen molar-refractivity contribution in [3.05, 3.63) is 76.9 Å². The van der Waals surface area contributed by atoms with Crippen molar-refractivity contribution in [3.63, 3.8) is 0 Å². The molecule has 0 saturated carbocycles. The van der Waals surface area contributed by atoms with Gasteiger partial charge in [-0.25, -0.2) is 9.78 Å². The van der Waals surface area contributed by atoms with E-state index in [9.17, 15) is 14.9 Å². The lowest BCUT2D eigenvalue weighted by Crippen LogP contribution is -2.49. The first-order valence-corrected chi connectivity index (χ1v) is 14.3. The average molecular weight is 587 g/mol. The third-order valence-electron chi connectivity index (χ3n) is 8.51. The number of piperidine rings is 1. The smallest absolute Gasteiger partial charge is 0.410 e. The number of imidazole rings is 1. The van der Waals surface area contributed by atoms with Crippen molar-refractivity contribution in [3.8, 4) is 6.07 Å². The quantitative estimate of drug-likeness (QED) is 0.323. The lowest BCUT2D eigenvalue weighted by atomic mass is 9.84. The minimum absolute atomic E-state index is 0. The van der Waals surface area contributed by atoms with Crippen LogP contribution >= 0.6 is 12.4 Å². The summed E-state index contributed by atoms with van der Waals surface area (Å²) in [4.78, 5) is 35.7. The van der Waals surface area contributed by atoms with Gasteiger partial charge in [-0.3, -0.25) is 9.20 Å². The molecule has 6 rings (SSSR count). The highest BCUT2D eigenvalue weighted by molar-refractivity contribution is 5.87. The Bertz CT molecular complexity index is 1650. The van der Waals surface area contributed by atoms with Gasteiger partial charge in [-0.2, -0.15) is 5.26 Å². The SMILES string of the molecule is CC(=O)N1CCN(c2c(C)c(C3CCN(C(=O)OCc4ccccc4)CC3)c(C#N)c3nc4ccccc4n23)CC1.Cl. The van der Waals surface area contributed by atoms with Crippen molar-refractivity contribution in [1.82, 2.24) is 19.2 Å². The van der Waals surface area contributed by atoms with Crippen LogP contribution in [-0.2, 0) is 16.1 Å². The Hall–Kier alpha value is -4.29. The maximum Gasteiger partial charge on any atom is 0.410 e. The summed E-state index contributed by atoms with van der Waals surface area (Å²) >= 11 is 0. The number of carbonyl (C=O) groups excluding carboxylic acids is 2. The Labute approximate surface area is 251 Å². The molecular weight excluding hydrogens is 552 g/mol. The van der Waals surface area contributed by atoms with Crippen LogP contribution < -0.4 is 4.90 Å². The van der Waals surface area contributed by atoms with E-state index in [2.05, 4.69) is 22.3 Å². The van der Waals surface area contributed by atoms with Gasteiger partial charge >= 0.3 is 6.09 Å². The number of aromatic nitrogens is 2. The van der Waals surface area contributed by atoms with Gasteiger partial charge in [-0.05, 0) is 54.5 Å². The van der Waals surface area contributed by atoms with E-state index in [-0.39, 0.29) is 36.9 Å². The minimum atomic E-state index is -0.302. The number of hydrogen-bond donors (Lipinski definition) is 0. The second-order valence-corrected chi connectivity index (χ2v) is 10.9. The first-order valence-electron chi connectivity index (χ1n) is 14.3. The molecule has 2 aromatic carbocycles. The summed E-state index contributed by atoms with van der Waals surface area (Å²) in [5.41, 5.74) is 6.14. The van der Waals surface area contributed by atoms with E-state index in [1.807, 2.05) is 59.5 Å². The zero-order chi connectivity index (χ0) is 28.5. The Morgan fingerprint density at radius 2 is 1.62 bits per heavy atom. The van der Waals surface area contributed by atoms with Gasteiger partial charge in [0.1, 0.15) is 18.5 Å². The van der Waals surface area contributed by atoms with E-state index in [4.69, 9.17) is 9.72 Å². The first-order chi connectivity index (χ1) is 20.0. The van der Waals surface area contributed by atoms with Crippen molar-refractivity contribution in [2.75, 3.05) is 44.2 Å². The molecular formula is C32H35ClN6O3. The monoisotopic (exact) mass is 586 g/mol. The molecule has 0 spiro atoms. The number of piperazine rings is 1.